The van der Waals surface area contributed by atoms with E-state index in [1.165, 1.54) is 0 Å². The van der Waals surface area contributed by atoms with Crippen molar-refractivity contribution in [1.29, 1.82) is 0 Å². The fraction of sp³-hybridized carbons (Fsp3) is 0.222. The molecule has 1 aromatic carbocycles. The third kappa shape index (κ3) is 2.10. The second-order valence-corrected chi connectivity index (χ2v) is 4.58. The van der Waals surface area contributed by atoms with Gasteiger partial charge in [0.2, 0.25) is 0 Å². The molecule has 5 heteroatoms. The lowest BCUT2D eigenvalue weighted by Gasteiger charge is -1.92. The molecule has 0 saturated carbocycles. The average molecular weight is 273 g/mol. The maximum absolute atomic E-state index is 4.96. The Kier molecular flexibility index (Phi) is 3.10. The first kappa shape index (κ1) is 10.0. The van der Waals surface area contributed by atoms with Gasteiger partial charge in [-0.25, -0.2) is 4.98 Å². The van der Waals surface area contributed by atoms with E-state index in [2.05, 4.69) is 25.9 Å². The number of nitrogens with zero attached hydrogens (tertiary/aromatic N) is 1. The monoisotopic (exact) mass is 272 g/mol. The minimum absolute atomic E-state index is 0.612. The molecule has 14 heavy (non-hydrogen) atoms. The first-order chi connectivity index (χ1) is 6.79. The van der Waals surface area contributed by atoms with Gasteiger partial charge in [-0.05, 0) is 18.2 Å². The van der Waals surface area contributed by atoms with Gasteiger partial charge in [0.25, 0.3) is 0 Å². The number of imidazole rings is 1. The van der Waals surface area contributed by atoms with Gasteiger partial charge < -0.3 is 9.72 Å². The molecule has 0 aliphatic carbocycles. The number of hydrogen-bond acceptors (Lipinski definition) is 3. The molecule has 2 rings (SSSR count). The zero-order chi connectivity index (χ0) is 9.97. The van der Waals surface area contributed by atoms with Crippen molar-refractivity contribution in [2.75, 3.05) is 13.0 Å². The van der Waals surface area contributed by atoms with Crippen molar-refractivity contribution in [1.82, 2.24) is 9.97 Å². The lowest BCUT2D eigenvalue weighted by Crippen LogP contribution is -1.82. The Balaban J connectivity index is 2.32. The van der Waals surface area contributed by atoms with E-state index in [9.17, 15) is 0 Å². The molecule has 74 valence electrons. The summed E-state index contributed by atoms with van der Waals surface area (Å²) >= 11 is 4.96. The van der Waals surface area contributed by atoms with Crippen molar-refractivity contribution < 1.29 is 4.74 Å². The van der Waals surface area contributed by atoms with Gasteiger partial charge in [0.05, 0.1) is 17.0 Å². The number of methoxy groups -OCH3 is 1. The SMILES string of the molecule is COCSc1nc2ccc(Br)cc2[nH]1. The molecule has 0 radical (unpaired) electrons. The normalized spacial score (nSPS) is 11.0. The number of thioether (sulfide) groups is 1. The number of H-pyrrole nitrogens is 1. The van der Waals surface area contributed by atoms with Gasteiger partial charge in [-0.15, -0.1) is 0 Å². The van der Waals surface area contributed by atoms with Crippen LogP contribution in [0.15, 0.2) is 27.8 Å². The predicted molar refractivity (Wildman–Crippen MR) is 61.5 cm³/mol. The van der Waals surface area contributed by atoms with E-state index in [0.29, 0.717) is 5.94 Å². The number of aromatic amines is 1. The standard InChI is InChI=1S/C9H9BrN2OS/c1-13-5-14-9-11-7-3-2-6(10)4-8(7)12-9/h2-4H,5H2,1H3,(H,11,12). The van der Waals surface area contributed by atoms with Crippen LogP contribution in [0.2, 0.25) is 0 Å². The molecular formula is C9H9BrN2OS. The van der Waals surface area contributed by atoms with Gasteiger partial charge in [-0.1, -0.05) is 27.7 Å². The van der Waals surface area contributed by atoms with Gasteiger partial charge in [-0.2, -0.15) is 0 Å². The van der Waals surface area contributed by atoms with Crippen LogP contribution in [0.1, 0.15) is 0 Å². The Morgan fingerprint density at radius 3 is 3.21 bits per heavy atom. The molecule has 1 heterocycles. The number of fused-ring (bicyclic) bond motifs is 1. The molecule has 0 saturated heterocycles. The highest BCUT2D eigenvalue weighted by Crippen LogP contribution is 2.22. The first-order valence-corrected chi connectivity index (χ1v) is 5.84. The van der Waals surface area contributed by atoms with Crippen molar-refractivity contribution in [3.63, 3.8) is 0 Å². The van der Waals surface area contributed by atoms with E-state index in [0.717, 1.165) is 20.7 Å². The third-order valence-electron chi connectivity index (χ3n) is 1.74. The highest BCUT2D eigenvalue weighted by Gasteiger charge is 2.02. The summed E-state index contributed by atoms with van der Waals surface area (Å²) in [7, 11) is 1.67. The van der Waals surface area contributed by atoms with E-state index >= 15 is 0 Å². The van der Waals surface area contributed by atoms with E-state index in [1.54, 1.807) is 18.9 Å². The maximum Gasteiger partial charge on any atom is 0.168 e. The van der Waals surface area contributed by atoms with Crippen LogP contribution in [0.25, 0.3) is 11.0 Å². The second kappa shape index (κ2) is 4.33. The highest BCUT2D eigenvalue weighted by molar-refractivity contribution is 9.10. The van der Waals surface area contributed by atoms with Crippen LogP contribution in [0, 0.1) is 0 Å². The second-order valence-electron chi connectivity index (χ2n) is 2.75. The largest absolute Gasteiger partial charge is 0.374 e. The molecule has 3 nitrogen and oxygen atoms in total. The maximum atomic E-state index is 4.96. The fourth-order valence-corrected chi connectivity index (χ4v) is 2.08. The molecule has 0 fully saturated rings. The van der Waals surface area contributed by atoms with Crippen molar-refractivity contribution in [3.05, 3.63) is 22.7 Å². The van der Waals surface area contributed by atoms with Gasteiger partial charge in [-0.3, -0.25) is 0 Å². The Morgan fingerprint density at radius 1 is 1.57 bits per heavy atom. The van der Waals surface area contributed by atoms with Crippen LogP contribution in [0.5, 0.6) is 0 Å². The molecule has 0 aliphatic heterocycles. The summed E-state index contributed by atoms with van der Waals surface area (Å²) in [6.45, 7) is 0. The molecule has 0 aliphatic rings. The smallest absolute Gasteiger partial charge is 0.168 e. The molecule has 0 spiro atoms. The molecule has 0 bridgehead atoms. The van der Waals surface area contributed by atoms with Gasteiger partial charge in [0, 0.05) is 11.6 Å². The topological polar surface area (TPSA) is 37.9 Å². The third-order valence-corrected chi connectivity index (χ3v) is 3.05. The average Bonchev–Trinajstić information content (AvgIpc) is 2.56. The molecule has 1 N–H and O–H groups in total. The Morgan fingerprint density at radius 2 is 2.43 bits per heavy atom. The van der Waals surface area contributed by atoms with Crippen LogP contribution in [-0.2, 0) is 4.74 Å². The van der Waals surface area contributed by atoms with Gasteiger partial charge in [0.15, 0.2) is 5.16 Å². The van der Waals surface area contributed by atoms with E-state index in [-0.39, 0.29) is 0 Å². The molecule has 1 aromatic heterocycles. The zero-order valence-electron chi connectivity index (χ0n) is 7.58. The summed E-state index contributed by atoms with van der Waals surface area (Å²) in [6, 6.07) is 5.97. The van der Waals surface area contributed by atoms with Crippen LogP contribution in [0.3, 0.4) is 0 Å². The number of ether oxygens (including phenoxy) is 1. The molecule has 2 aromatic rings. The van der Waals surface area contributed by atoms with Crippen molar-refractivity contribution >= 4 is 38.7 Å². The number of aromatic nitrogens is 2. The van der Waals surface area contributed by atoms with Gasteiger partial charge in [0.1, 0.15) is 0 Å². The van der Waals surface area contributed by atoms with Crippen molar-refractivity contribution in [2.45, 2.75) is 5.16 Å². The van der Waals surface area contributed by atoms with Crippen molar-refractivity contribution in [3.8, 4) is 0 Å². The minimum atomic E-state index is 0.612. The molecule has 0 atom stereocenters. The summed E-state index contributed by atoms with van der Waals surface area (Å²) in [4.78, 5) is 7.61. The summed E-state index contributed by atoms with van der Waals surface area (Å²) in [5.41, 5.74) is 2.02. The lowest BCUT2D eigenvalue weighted by atomic mass is 10.3. The van der Waals surface area contributed by atoms with Crippen LogP contribution < -0.4 is 0 Å². The minimum Gasteiger partial charge on any atom is -0.374 e. The quantitative estimate of drug-likeness (QED) is 0.690. The Labute approximate surface area is 94.4 Å². The molecular weight excluding hydrogens is 264 g/mol. The number of rotatable bonds is 3. The number of benzene rings is 1. The summed E-state index contributed by atoms with van der Waals surface area (Å²) < 4.78 is 6.01. The summed E-state index contributed by atoms with van der Waals surface area (Å²) in [5.74, 6) is 0.612. The lowest BCUT2D eigenvalue weighted by molar-refractivity contribution is 0.258. The molecule has 0 amide bonds. The number of halogens is 1. The van der Waals surface area contributed by atoms with Crippen LogP contribution >= 0.6 is 27.7 Å². The van der Waals surface area contributed by atoms with Crippen LogP contribution in [-0.4, -0.2) is 23.0 Å². The fourth-order valence-electron chi connectivity index (χ4n) is 1.14. The predicted octanol–water partition coefficient (Wildman–Crippen LogP) is 3.02. The van der Waals surface area contributed by atoms with E-state index in [4.69, 9.17) is 4.74 Å². The summed E-state index contributed by atoms with van der Waals surface area (Å²) in [5, 5.41) is 0.889. The molecule has 0 unspecified atom stereocenters. The van der Waals surface area contributed by atoms with Gasteiger partial charge >= 0.3 is 0 Å². The highest BCUT2D eigenvalue weighted by atomic mass is 79.9. The van der Waals surface area contributed by atoms with E-state index < -0.39 is 0 Å². The number of nitrogens with one attached hydrogen (secondary N) is 1. The number of hydrogen-bond donors (Lipinski definition) is 1. The van der Waals surface area contributed by atoms with Crippen molar-refractivity contribution in [2.24, 2.45) is 0 Å². The first-order valence-electron chi connectivity index (χ1n) is 4.06. The van der Waals surface area contributed by atoms with E-state index in [1.807, 2.05) is 18.2 Å². The zero-order valence-corrected chi connectivity index (χ0v) is 9.98. The summed E-state index contributed by atoms with van der Waals surface area (Å²) in [6.07, 6.45) is 0. The Bertz CT molecular complexity index is 443. The Hall–Kier alpha value is -0.520. The van der Waals surface area contributed by atoms with Crippen LogP contribution in [0.4, 0.5) is 0 Å².